The molecule has 1 aromatic heterocycles. The lowest BCUT2D eigenvalue weighted by Gasteiger charge is -2.43. The number of rotatable bonds is 6. The highest BCUT2D eigenvalue weighted by Crippen LogP contribution is 2.27. The fraction of sp³-hybridized carbons (Fsp3) is 0.400. The molecule has 0 spiro atoms. The highest BCUT2D eigenvalue weighted by Gasteiger charge is 2.33. The summed E-state index contributed by atoms with van der Waals surface area (Å²) < 4.78 is 1.75. The number of nitro benzene ring substituents is 1. The Kier molecular flexibility index (Phi) is 6.74. The lowest BCUT2D eigenvalue weighted by Crippen LogP contribution is -2.55. The maximum Gasteiger partial charge on any atom is 0.270 e. The number of aromatic nitrogens is 2. The van der Waals surface area contributed by atoms with E-state index in [0.717, 1.165) is 12.2 Å². The van der Waals surface area contributed by atoms with Crippen LogP contribution in [0.2, 0.25) is 0 Å². The summed E-state index contributed by atoms with van der Waals surface area (Å²) in [7, 11) is 0. The molecule has 3 aromatic rings. The molecule has 9 nitrogen and oxygen atoms in total. The van der Waals surface area contributed by atoms with Gasteiger partial charge in [0.15, 0.2) is 0 Å². The molecule has 0 bridgehead atoms. The van der Waals surface area contributed by atoms with Crippen LogP contribution in [0.15, 0.2) is 53.3 Å². The van der Waals surface area contributed by atoms with Crippen LogP contribution in [0.1, 0.15) is 49.4 Å². The number of carbonyl (C=O) groups excluding carboxylic acids is 1. The molecule has 1 aliphatic rings. The third-order valence-electron chi connectivity index (χ3n) is 6.56. The number of benzene rings is 2. The van der Waals surface area contributed by atoms with Crippen LogP contribution in [-0.4, -0.2) is 55.9 Å². The van der Waals surface area contributed by atoms with Crippen LogP contribution in [0.5, 0.6) is 0 Å². The van der Waals surface area contributed by atoms with Gasteiger partial charge in [0.2, 0.25) is 0 Å². The van der Waals surface area contributed by atoms with Crippen LogP contribution >= 0.6 is 0 Å². The molecular weight excluding hydrogens is 434 g/mol. The Morgan fingerprint density at radius 3 is 2.62 bits per heavy atom. The standard InChI is InChI=1S/C25H29N5O4/c1-4-22(23-26-21-12-7-6-11-20(21)25(32)28(23)5-2)27-13-14-29(17(3)16-27)24(31)18-9-8-10-19(15-18)30(33)34/h6-12,15,17,22H,4-5,13-14,16H2,1-3H3. The fourth-order valence-corrected chi connectivity index (χ4v) is 4.84. The summed E-state index contributed by atoms with van der Waals surface area (Å²) in [6.07, 6.45) is 0.774. The van der Waals surface area contributed by atoms with Crippen LogP contribution in [-0.2, 0) is 6.54 Å². The Balaban J connectivity index is 1.59. The monoisotopic (exact) mass is 463 g/mol. The first kappa shape index (κ1) is 23.6. The molecule has 178 valence electrons. The normalized spacial score (nSPS) is 17.6. The Bertz CT molecular complexity index is 1290. The lowest BCUT2D eigenvalue weighted by molar-refractivity contribution is -0.384. The average Bonchev–Trinajstić information content (AvgIpc) is 2.84. The third kappa shape index (κ3) is 4.31. The van der Waals surface area contributed by atoms with Gasteiger partial charge in [-0.2, -0.15) is 0 Å². The minimum Gasteiger partial charge on any atom is -0.333 e. The van der Waals surface area contributed by atoms with Gasteiger partial charge in [0.1, 0.15) is 5.82 Å². The van der Waals surface area contributed by atoms with Crippen molar-refractivity contribution in [3.63, 3.8) is 0 Å². The summed E-state index contributed by atoms with van der Waals surface area (Å²) in [4.78, 5) is 45.8. The minimum atomic E-state index is -0.492. The quantitative estimate of drug-likeness (QED) is 0.409. The summed E-state index contributed by atoms with van der Waals surface area (Å²) >= 11 is 0. The van der Waals surface area contributed by atoms with E-state index in [0.29, 0.717) is 42.6 Å². The summed E-state index contributed by atoms with van der Waals surface area (Å²) in [6, 6.07) is 13.1. The van der Waals surface area contributed by atoms with Crippen molar-refractivity contribution in [2.45, 2.75) is 45.8 Å². The van der Waals surface area contributed by atoms with Crippen LogP contribution in [0.4, 0.5) is 5.69 Å². The molecule has 2 atom stereocenters. The highest BCUT2D eigenvalue weighted by atomic mass is 16.6. The molecular formula is C25H29N5O4. The number of nitrogens with zero attached hydrogens (tertiary/aromatic N) is 5. The summed E-state index contributed by atoms with van der Waals surface area (Å²) in [5.74, 6) is 0.539. The minimum absolute atomic E-state index is 0.0333. The fourth-order valence-electron chi connectivity index (χ4n) is 4.84. The Morgan fingerprint density at radius 2 is 1.94 bits per heavy atom. The van der Waals surface area contributed by atoms with E-state index < -0.39 is 4.92 Å². The highest BCUT2D eigenvalue weighted by molar-refractivity contribution is 5.95. The molecule has 0 N–H and O–H groups in total. The molecule has 34 heavy (non-hydrogen) atoms. The van der Waals surface area contributed by atoms with Gasteiger partial charge in [0, 0.05) is 49.9 Å². The van der Waals surface area contributed by atoms with Crippen LogP contribution in [0.3, 0.4) is 0 Å². The van der Waals surface area contributed by atoms with Crippen molar-refractivity contribution in [3.05, 3.63) is 80.4 Å². The number of amides is 1. The Labute approximate surface area is 197 Å². The van der Waals surface area contributed by atoms with Crippen molar-refractivity contribution < 1.29 is 9.72 Å². The molecule has 4 rings (SSSR count). The number of non-ortho nitro benzene ring substituents is 1. The van der Waals surface area contributed by atoms with Gasteiger partial charge in [-0.05, 0) is 38.5 Å². The number of hydrogen-bond acceptors (Lipinski definition) is 6. The molecule has 2 heterocycles. The summed E-state index contributed by atoms with van der Waals surface area (Å²) in [5.41, 5.74) is 0.882. The van der Waals surface area contributed by atoms with E-state index in [1.54, 1.807) is 15.5 Å². The van der Waals surface area contributed by atoms with E-state index in [1.165, 1.54) is 18.2 Å². The largest absolute Gasteiger partial charge is 0.333 e. The first-order valence-corrected chi connectivity index (χ1v) is 11.6. The number of nitro groups is 1. The molecule has 0 saturated carbocycles. The zero-order valence-corrected chi connectivity index (χ0v) is 19.7. The molecule has 0 radical (unpaired) electrons. The van der Waals surface area contributed by atoms with Gasteiger partial charge >= 0.3 is 0 Å². The van der Waals surface area contributed by atoms with Gasteiger partial charge in [-0.25, -0.2) is 4.98 Å². The maximum atomic E-state index is 13.1. The van der Waals surface area contributed by atoms with Gasteiger partial charge < -0.3 is 4.90 Å². The van der Waals surface area contributed by atoms with Gasteiger partial charge in [0.05, 0.1) is 21.9 Å². The first-order chi connectivity index (χ1) is 16.3. The number of hydrogen-bond donors (Lipinski definition) is 0. The molecule has 2 unspecified atom stereocenters. The number of fused-ring (bicyclic) bond motifs is 1. The van der Waals surface area contributed by atoms with E-state index >= 15 is 0 Å². The second-order valence-electron chi connectivity index (χ2n) is 8.61. The second kappa shape index (κ2) is 9.72. The zero-order chi connectivity index (χ0) is 24.4. The zero-order valence-electron chi connectivity index (χ0n) is 19.7. The predicted octanol–water partition coefficient (Wildman–Crippen LogP) is 3.62. The molecule has 1 saturated heterocycles. The SMILES string of the molecule is CCC(c1nc2ccccc2c(=O)n1CC)N1CCN(C(=O)c2cccc([N+](=O)[O-])c2)C(C)C1. The second-order valence-corrected chi connectivity index (χ2v) is 8.61. The van der Waals surface area contributed by atoms with Crippen LogP contribution in [0, 0.1) is 10.1 Å². The van der Waals surface area contributed by atoms with Crippen molar-refractivity contribution in [3.8, 4) is 0 Å². The summed E-state index contributed by atoms with van der Waals surface area (Å²) in [5, 5.41) is 11.7. The molecule has 0 aliphatic carbocycles. The number of carbonyl (C=O) groups is 1. The van der Waals surface area contributed by atoms with E-state index in [1.807, 2.05) is 38.1 Å². The molecule has 9 heteroatoms. The lowest BCUT2D eigenvalue weighted by atomic mass is 10.1. The number of piperazine rings is 1. The van der Waals surface area contributed by atoms with Gasteiger partial charge in [-0.15, -0.1) is 0 Å². The first-order valence-electron chi connectivity index (χ1n) is 11.6. The Hall–Kier alpha value is -3.59. The van der Waals surface area contributed by atoms with Crippen LogP contribution in [0.25, 0.3) is 10.9 Å². The van der Waals surface area contributed by atoms with Crippen LogP contribution < -0.4 is 5.56 Å². The Morgan fingerprint density at radius 1 is 1.18 bits per heavy atom. The van der Waals surface area contributed by atoms with Crippen molar-refractivity contribution in [2.24, 2.45) is 0 Å². The molecule has 1 amide bonds. The predicted molar refractivity (Wildman–Crippen MR) is 130 cm³/mol. The molecule has 1 aliphatic heterocycles. The van der Waals surface area contributed by atoms with Crippen molar-refractivity contribution >= 4 is 22.5 Å². The summed E-state index contributed by atoms with van der Waals surface area (Å²) in [6.45, 7) is 8.27. The van der Waals surface area contributed by atoms with Gasteiger partial charge in [-0.3, -0.25) is 29.2 Å². The average molecular weight is 464 g/mol. The van der Waals surface area contributed by atoms with E-state index in [-0.39, 0.29) is 29.2 Å². The molecule has 1 fully saturated rings. The van der Waals surface area contributed by atoms with E-state index in [4.69, 9.17) is 4.98 Å². The smallest absolute Gasteiger partial charge is 0.270 e. The van der Waals surface area contributed by atoms with Crippen molar-refractivity contribution in [2.75, 3.05) is 19.6 Å². The van der Waals surface area contributed by atoms with Gasteiger partial charge in [-0.1, -0.05) is 25.1 Å². The number of para-hydroxylation sites is 1. The van der Waals surface area contributed by atoms with Crippen molar-refractivity contribution in [1.82, 2.24) is 19.4 Å². The van der Waals surface area contributed by atoms with Gasteiger partial charge in [0.25, 0.3) is 17.2 Å². The van der Waals surface area contributed by atoms with E-state index in [9.17, 15) is 19.7 Å². The van der Waals surface area contributed by atoms with Crippen molar-refractivity contribution in [1.29, 1.82) is 0 Å². The maximum absolute atomic E-state index is 13.1. The molecule has 2 aromatic carbocycles. The topological polar surface area (TPSA) is 102 Å². The van der Waals surface area contributed by atoms with E-state index in [2.05, 4.69) is 11.8 Å². The third-order valence-corrected chi connectivity index (χ3v) is 6.56.